The van der Waals surface area contributed by atoms with Crippen LogP contribution in [0.5, 0.6) is 0 Å². The molecule has 0 heterocycles. The smallest absolute Gasteiger partial charge is 0.317 e. The van der Waals surface area contributed by atoms with Gasteiger partial charge >= 0.3 is 17.9 Å². The zero-order valence-corrected chi connectivity index (χ0v) is 27.9. The lowest BCUT2D eigenvalue weighted by atomic mass is 9.35. The lowest BCUT2D eigenvalue weighted by Gasteiger charge is -2.70. The molecule has 8 heteroatoms. The summed E-state index contributed by atoms with van der Waals surface area (Å²) in [5.74, 6) is -1.70. The summed E-state index contributed by atoms with van der Waals surface area (Å²) < 4.78 is 12.0. The fourth-order valence-electron chi connectivity index (χ4n) is 11.0. The minimum absolute atomic E-state index is 0.00431. The number of carboxylic acid groups (broad SMARTS) is 1. The van der Waals surface area contributed by atoms with Crippen LogP contribution in [0.1, 0.15) is 120 Å². The Balaban J connectivity index is 1.68. The van der Waals surface area contributed by atoms with Crippen LogP contribution in [-0.2, 0) is 23.9 Å². The van der Waals surface area contributed by atoms with Crippen LogP contribution in [0.4, 0.5) is 0 Å². The van der Waals surface area contributed by atoms with Gasteiger partial charge in [0.1, 0.15) is 18.6 Å². The average molecular weight is 605 g/mol. The van der Waals surface area contributed by atoms with Crippen LogP contribution in [0.25, 0.3) is 0 Å². The second kappa shape index (κ2) is 11.1. The summed E-state index contributed by atoms with van der Waals surface area (Å²) in [5, 5.41) is 31.2. The Morgan fingerprint density at radius 2 is 1.51 bits per heavy atom. The first-order valence-corrected chi connectivity index (χ1v) is 16.3. The summed E-state index contributed by atoms with van der Waals surface area (Å²) in [4.78, 5) is 36.1. The first-order chi connectivity index (χ1) is 19.6. The normalized spacial score (nSPS) is 41.8. The number of carbonyl (C=O) groups is 3. The minimum Gasteiger partial charge on any atom is -0.481 e. The lowest BCUT2D eigenvalue weighted by molar-refractivity contribution is -0.252. The second-order valence-corrected chi connectivity index (χ2v) is 16.6. The first kappa shape index (κ1) is 34.0. The molecule has 4 fully saturated rings. The van der Waals surface area contributed by atoms with Crippen molar-refractivity contribution in [2.24, 2.45) is 45.3 Å². The molecule has 0 aliphatic heterocycles. The number of aliphatic hydroxyl groups is 2. The summed E-state index contributed by atoms with van der Waals surface area (Å²) in [6, 6.07) is 0. The van der Waals surface area contributed by atoms with Gasteiger partial charge < -0.3 is 24.8 Å². The zero-order valence-electron chi connectivity index (χ0n) is 27.9. The number of hydrogen-bond acceptors (Lipinski definition) is 7. The van der Waals surface area contributed by atoms with E-state index >= 15 is 0 Å². The molecule has 0 aromatic rings. The van der Waals surface area contributed by atoms with Crippen molar-refractivity contribution in [1.82, 2.24) is 0 Å². The molecular formula is C35H56O8. The number of hydrogen-bond donors (Lipinski definition) is 3. The molecule has 4 aliphatic rings. The SMILES string of the molecule is CC(=O)O[C@@H]1CC2[C@@]3(C)CC[C@@H](OC(=O)CC(=O)O)C(C)(C)C3CC[C@@]2(C)[C@]2(C)CCC(C(C)(O)C/C=C/C(C)(C)O)C12. The van der Waals surface area contributed by atoms with Crippen LogP contribution >= 0.6 is 0 Å². The van der Waals surface area contributed by atoms with Gasteiger partial charge in [-0.15, -0.1) is 0 Å². The number of fused-ring (bicyclic) bond motifs is 5. The average Bonchev–Trinajstić information content (AvgIpc) is 3.21. The van der Waals surface area contributed by atoms with Crippen molar-refractivity contribution in [3.05, 3.63) is 12.2 Å². The Bertz CT molecular complexity index is 1130. The Morgan fingerprint density at radius 3 is 2.09 bits per heavy atom. The largest absolute Gasteiger partial charge is 0.481 e. The molecule has 0 amide bonds. The molecule has 10 atom stereocenters. The van der Waals surface area contributed by atoms with Gasteiger partial charge in [-0.1, -0.05) is 46.8 Å². The minimum atomic E-state index is -1.18. The zero-order chi connectivity index (χ0) is 32.4. The van der Waals surface area contributed by atoms with Gasteiger partial charge in [-0.25, -0.2) is 0 Å². The summed E-state index contributed by atoms with van der Waals surface area (Å²) >= 11 is 0. The predicted molar refractivity (Wildman–Crippen MR) is 163 cm³/mol. The quantitative estimate of drug-likeness (QED) is 0.173. The van der Waals surface area contributed by atoms with E-state index in [0.29, 0.717) is 12.8 Å². The Hall–Kier alpha value is -1.93. The van der Waals surface area contributed by atoms with E-state index in [0.717, 1.165) is 38.5 Å². The highest BCUT2D eigenvalue weighted by Gasteiger charge is 2.72. The van der Waals surface area contributed by atoms with Crippen LogP contribution in [0.2, 0.25) is 0 Å². The van der Waals surface area contributed by atoms with Crippen LogP contribution < -0.4 is 0 Å². The van der Waals surface area contributed by atoms with Gasteiger partial charge in [0.15, 0.2) is 0 Å². The number of aliphatic carboxylic acids is 1. The van der Waals surface area contributed by atoms with Gasteiger partial charge in [-0.05, 0) is 106 Å². The van der Waals surface area contributed by atoms with Crippen molar-refractivity contribution < 1.29 is 39.2 Å². The Kier molecular flexibility index (Phi) is 8.80. The van der Waals surface area contributed by atoms with E-state index in [-0.39, 0.29) is 63.5 Å². The maximum absolute atomic E-state index is 12.6. The summed E-state index contributed by atoms with van der Waals surface area (Å²) in [5.41, 5.74) is -2.61. The van der Waals surface area contributed by atoms with Crippen molar-refractivity contribution in [1.29, 1.82) is 0 Å². The summed E-state index contributed by atoms with van der Waals surface area (Å²) in [6.45, 7) is 18.3. The summed E-state index contributed by atoms with van der Waals surface area (Å²) in [7, 11) is 0. The molecule has 244 valence electrons. The molecule has 0 bridgehead atoms. The van der Waals surface area contributed by atoms with Crippen molar-refractivity contribution in [3.63, 3.8) is 0 Å². The van der Waals surface area contributed by atoms with E-state index in [2.05, 4.69) is 34.6 Å². The van der Waals surface area contributed by atoms with E-state index in [1.165, 1.54) is 6.92 Å². The molecule has 5 unspecified atom stereocenters. The van der Waals surface area contributed by atoms with Crippen molar-refractivity contribution in [3.8, 4) is 0 Å². The van der Waals surface area contributed by atoms with Gasteiger partial charge in [0.25, 0.3) is 0 Å². The van der Waals surface area contributed by atoms with E-state index in [9.17, 15) is 24.6 Å². The van der Waals surface area contributed by atoms with Crippen LogP contribution in [0.3, 0.4) is 0 Å². The monoisotopic (exact) mass is 604 g/mol. The predicted octanol–water partition coefficient (Wildman–Crippen LogP) is 6.07. The Labute approximate surface area is 258 Å². The van der Waals surface area contributed by atoms with E-state index in [4.69, 9.17) is 14.6 Å². The first-order valence-electron chi connectivity index (χ1n) is 16.3. The molecule has 4 saturated carbocycles. The van der Waals surface area contributed by atoms with E-state index < -0.39 is 29.6 Å². The van der Waals surface area contributed by atoms with Crippen LogP contribution in [-0.4, -0.2) is 56.6 Å². The molecule has 0 aromatic heterocycles. The van der Waals surface area contributed by atoms with Gasteiger partial charge in [0.2, 0.25) is 0 Å². The van der Waals surface area contributed by atoms with Gasteiger partial charge in [0, 0.05) is 18.3 Å². The lowest BCUT2D eigenvalue weighted by Crippen LogP contribution is -2.67. The molecular weight excluding hydrogens is 548 g/mol. The molecule has 4 rings (SSSR count). The standard InChI is InChI=1S/C35H56O8/c1-21(36)42-23-19-25-32(6)16-13-26(43-28(39)20-27(37)38)31(4,5)24(32)12-18-33(25,7)34(8)17-11-22(29(23)34)35(9,41)15-10-14-30(2,3)40/h10,14,22-26,29,40-41H,11-13,15-20H2,1-9H3,(H,37,38)/b14-10+/t22?,23-,24?,25?,26-,29?,32+,33-,34-,35?/m1/s1. The van der Waals surface area contributed by atoms with Gasteiger partial charge in [-0.2, -0.15) is 0 Å². The van der Waals surface area contributed by atoms with Crippen molar-refractivity contribution in [2.45, 2.75) is 144 Å². The maximum atomic E-state index is 12.6. The molecule has 0 spiro atoms. The fourth-order valence-corrected chi connectivity index (χ4v) is 11.0. The summed E-state index contributed by atoms with van der Waals surface area (Å²) in [6.07, 6.45) is 8.73. The van der Waals surface area contributed by atoms with E-state index in [1.54, 1.807) is 19.9 Å². The van der Waals surface area contributed by atoms with E-state index in [1.807, 2.05) is 13.0 Å². The van der Waals surface area contributed by atoms with Gasteiger partial charge in [0.05, 0.1) is 11.2 Å². The third-order valence-electron chi connectivity index (χ3n) is 13.0. The number of ether oxygens (including phenoxy) is 2. The highest BCUT2D eigenvalue weighted by molar-refractivity contribution is 5.90. The van der Waals surface area contributed by atoms with Crippen LogP contribution in [0, 0.1) is 45.3 Å². The molecule has 3 N–H and O–H groups in total. The highest BCUT2D eigenvalue weighted by Crippen LogP contribution is 2.76. The highest BCUT2D eigenvalue weighted by atomic mass is 16.5. The third kappa shape index (κ3) is 5.92. The number of esters is 2. The number of carboxylic acids is 1. The number of carbonyl (C=O) groups excluding carboxylic acids is 2. The fraction of sp³-hybridized carbons (Fsp3) is 0.857. The van der Waals surface area contributed by atoms with Crippen LogP contribution in [0.15, 0.2) is 12.2 Å². The second-order valence-electron chi connectivity index (χ2n) is 16.6. The molecule has 4 aliphatic carbocycles. The molecule has 0 aromatic carbocycles. The van der Waals surface area contributed by atoms with Crippen molar-refractivity contribution in [2.75, 3.05) is 0 Å². The molecule has 43 heavy (non-hydrogen) atoms. The molecule has 0 saturated heterocycles. The van der Waals surface area contributed by atoms with Crippen molar-refractivity contribution >= 4 is 17.9 Å². The third-order valence-corrected chi connectivity index (χ3v) is 13.0. The topological polar surface area (TPSA) is 130 Å². The Morgan fingerprint density at radius 1 is 0.884 bits per heavy atom. The maximum Gasteiger partial charge on any atom is 0.317 e. The molecule has 0 radical (unpaired) electrons. The van der Waals surface area contributed by atoms with Gasteiger partial charge in [-0.3, -0.25) is 14.4 Å². The molecule has 8 nitrogen and oxygen atoms in total. The number of rotatable bonds is 8.